The first-order valence-corrected chi connectivity index (χ1v) is 7.63. The van der Waals surface area contributed by atoms with Gasteiger partial charge in [0.25, 0.3) is 0 Å². The zero-order valence-electron chi connectivity index (χ0n) is 12.6. The van der Waals surface area contributed by atoms with Crippen LogP contribution in [0.3, 0.4) is 0 Å². The fourth-order valence-corrected chi connectivity index (χ4v) is 2.90. The molecule has 0 saturated carbocycles. The van der Waals surface area contributed by atoms with Gasteiger partial charge in [-0.1, -0.05) is 11.8 Å². The number of nitrogens with zero attached hydrogens (tertiary/aromatic N) is 2. The van der Waals surface area contributed by atoms with Crippen molar-refractivity contribution in [3.63, 3.8) is 0 Å². The van der Waals surface area contributed by atoms with Crippen LogP contribution in [0.2, 0.25) is 0 Å². The highest BCUT2D eigenvalue weighted by Crippen LogP contribution is 2.33. The van der Waals surface area contributed by atoms with Gasteiger partial charge in [-0.15, -0.1) is 5.10 Å². The predicted molar refractivity (Wildman–Crippen MR) is 82.9 cm³/mol. The number of aliphatic carboxylic acids is 1. The molecule has 1 aromatic rings. The van der Waals surface area contributed by atoms with Crippen LogP contribution in [0.25, 0.3) is 0 Å². The molecule has 134 valence electrons. The van der Waals surface area contributed by atoms with Gasteiger partial charge in [0.05, 0.1) is 18.2 Å². The quantitative estimate of drug-likeness (QED) is 0.479. The van der Waals surface area contributed by atoms with Gasteiger partial charge in [0.2, 0.25) is 5.91 Å². The maximum Gasteiger partial charge on any atom is 0.419 e. The van der Waals surface area contributed by atoms with Crippen molar-refractivity contribution in [3.8, 4) is 0 Å². The van der Waals surface area contributed by atoms with Crippen molar-refractivity contribution in [2.75, 3.05) is 0 Å². The second kappa shape index (κ2) is 7.21. The monoisotopic (exact) mass is 377 g/mol. The number of carbonyl (C=O) groups is 2. The number of aryl methyl sites for hydroxylation is 1. The summed E-state index contributed by atoms with van der Waals surface area (Å²) in [5.74, 6) is -3.21. The molecule has 1 unspecified atom stereocenters. The maximum absolute atomic E-state index is 13.9. The SMILES string of the molecule is Cc1cc(C=NN=C2NC(=O)C(CC(=O)O)S2)c(F)c(C(F)(F)F)c1. The summed E-state index contributed by atoms with van der Waals surface area (Å²) in [7, 11) is 0. The Morgan fingerprint density at radius 3 is 2.72 bits per heavy atom. The maximum atomic E-state index is 13.9. The van der Waals surface area contributed by atoms with Crippen LogP contribution in [0.4, 0.5) is 17.6 Å². The van der Waals surface area contributed by atoms with Gasteiger partial charge < -0.3 is 10.4 Å². The Labute approximate surface area is 143 Å². The van der Waals surface area contributed by atoms with E-state index in [9.17, 15) is 27.2 Å². The first kappa shape index (κ1) is 18.9. The number of thioether (sulfide) groups is 1. The number of alkyl halides is 3. The number of rotatable bonds is 4. The topological polar surface area (TPSA) is 91.1 Å². The molecule has 0 spiro atoms. The van der Waals surface area contributed by atoms with Crippen LogP contribution in [0.5, 0.6) is 0 Å². The van der Waals surface area contributed by atoms with Crippen LogP contribution >= 0.6 is 11.8 Å². The van der Waals surface area contributed by atoms with Gasteiger partial charge in [0.15, 0.2) is 5.17 Å². The van der Waals surface area contributed by atoms with Crippen molar-refractivity contribution >= 4 is 35.0 Å². The molecule has 0 radical (unpaired) electrons. The normalized spacial score (nSPS) is 19.6. The minimum atomic E-state index is -4.84. The summed E-state index contributed by atoms with van der Waals surface area (Å²) in [6.45, 7) is 1.38. The van der Waals surface area contributed by atoms with Gasteiger partial charge in [-0.05, 0) is 24.6 Å². The second-order valence-corrected chi connectivity index (χ2v) is 6.25. The fourth-order valence-electron chi connectivity index (χ4n) is 1.99. The Bertz CT molecular complexity index is 777. The number of amidine groups is 1. The van der Waals surface area contributed by atoms with E-state index in [1.54, 1.807) is 0 Å². The third-order valence-electron chi connectivity index (χ3n) is 3.03. The van der Waals surface area contributed by atoms with E-state index < -0.39 is 46.7 Å². The molecule has 25 heavy (non-hydrogen) atoms. The van der Waals surface area contributed by atoms with Crippen LogP contribution < -0.4 is 5.32 Å². The molecule has 1 heterocycles. The van der Waals surface area contributed by atoms with E-state index in [0.717, 1.165) is 18.0 Å². The van der Waals surface area contributed by atoms with Crippen LogP contribution in [-0.2, 0) is 15.8 Å². The summed E-state index contributed by atoms with van der Waals surface area (Å²) in [4.78, 5) is 22.1. The lowest BCUT2D eigenvalue weighted by Gasteiger charge is -2.10. The van der Waals surface area contributed by atoms with E-state index in [1.807, 2.05) is 0 Å². The van der Waals surface area contributed by atoms with Gasteiger partial charge in [-0.2, -0.15) is 18.3 Å². The molecule has 2 N–H and O–H groups in total. The lowest BCUT2D eigenvalue weighted by Crippen LogP contribution is -2.26. The number of nitrogens with one attached hydrogen (secondary N) is 1. The molecular weight excluding hydrogens is 366 g/mol. The van der Waals surface area contributed by atoms with Crippen LogP contribution in [0.1, 0.15) is 23.1 Å². The van der Waals surface area contributed by atoms with Crippen molar-refractivity contribution in [1.29, 1.82) is 0 Å². The summed E-state index contributed by atoms with van der Waals surface area (Å²) in [5.41, 5.74) is -1.63. The molecule has 11 heteroatoms. The van der Waals surface area contributed by atoms with Crippen molar-refractivity contribution in [2.24, 2.45) is 10.2 Å². The lowest BCUT2D eigenvalue weighted by molar-refractivity contribution is -0.140. The highest BCUT2D eigenvalue weighted by molar-refractivity contribution is 8.15. The zero-order valence-corrected chi connectivity index (χ0v) is 13.4. The van der Waals surface area contributed by atoms with Crippen molar-refractivity contribution in [1.82, 2.24) is 5.32 Å². The average molecular weight is 377 g/mol. The Kier molecular flexibility index (Phi) is 5.45. The molecule has 1 amide bonds. The van der Waals surface area contributed by atoms with Crippen molar-refractivity contribution < 1.29 is 32.3 Å². The standard InChI is InChI=1S/C14H11F4N3O3S/c1-6-2-7(11(15)8(3-6)14(16,17)18)5-19-21-13-20-12(24)9(25-13)4-10(22)23/h2-3,5,9H,4H2,1H3,(H,22,23)(H,20,21,24). The number of hydrogen-bond acceptors (Lipinski definition) is 5. The summed E-state index contributed by atoms with van der Waals surface area (Å²) >= 11 is 0.818. The molecule has 1 fully saturated rings. The van der Waals surface area contributed by atoms with Crippen molar-refractivity contribution in [2.45, 2.75) is 24.8 Å². The number of amides is 1. The first-order chi connectivity index (χ1) is 11.6. The summed E-state index contributed by atoms with van der Waals surface area (Å²) in [6, 6.07) is 1.85. The third kappa shape index (κ3) is 4.78. The second-order valence-electron chi connectivity index (χ2n) is 5.06. The molecule has 1 aliphatic heterocycles. The number of benzene rings is 1. The van der Waals surface area contributed by atoms with Crippen LogP contribution in [-0.4, -0.2) is 33.6 Å². The van der Waals surface area contributed by atoms with E-state index >= 15 is 0 Å². The Balaban J connectivity index is 2.19. The van der Waals surface area contributed by atoms with Gasteiger partial charge >= 0.3 is 12.1 Å². The molecule has 0 aliphatic carbocycles. The van der Waals surface area contributed by atoms with E-state index in [-0.39, 0.29) is 10.7 Å². The molecule has 1 saturated heterocycles. The minimum absolute atomic E-state index is 0.0170. The van der Waals surface area contributed by atoms with Gasteiger partial charge in [0, 0.05) is 5.56 Å². The van der Waals surface area contributed by atoms with Gasteiger partial charge in [-0.3, -0.25) is 9.59 Å². The molecule has 6 nitrogen and oxygen atoms in total. The molecule has 0 aromatic heterocycles. The first-order valence-electron chi connectivity index (χ1n) is 6.75. The number of carbonyl (C=O) groups excluding carboxylic acids is 1. The zero-order chi connectivity index (χ0) is 18.8. The molecular formula is C14H11F4N3O3S. The van der Waals surface area contributed by atoms with E-state index in [2.05, 4.69) is 15.5 Å². The van der Waals surface area contributed by atoms with Gasteiger partial charge in [0.1, 0.15) is 11.1 Å². The van der Waals surface area contributed by atoms with E-state index in [0.29, 0.717) is 6.07 Å². The number of carboxylic acids is 1. The molecule has 1 aromatic carbocycles. The third-order valence-corrected chi connectivity index (χ3v) is 4.10. The Morgan fingerprint density at radius 2 is 2.12 bits per heavy atom. The summed E-state index contributed by atoms with van der Waals surface area (Å²) < 4.78 is 52.2. The molecule has 2 rings (SSSR count). The van der Waals surface area contributed by atoms with E-state index in [1.165, 1.54) is 13.0 Å². The van der Waals surface area contributed by atoms with Crippen molar-refractivity contribution in [3.05, 3.63) is 34.6 Å². The Hall–Kier alpha value is -2.43. The Morgan fingerprint density at radius 1 is 1.44 bits per heavy atom. The number of hydrogen-bond donors (Lipinski definition) is 2. The molecule has 0 bridgehead atoms. The average Bonchev–Trinajstić information content (AvgIpc) is 2.80. The fraction of sp³-hybridized carbons (Fsp3) is 0.286. The lowest BCUT2D eigenvalue weighted by atomic mass is 10.1. The highest BCUT2D eigenvalue weighted by Gasteiger charge is 2.35. The highest BCUT2D eigenvalue weighted by atomic mass is 32.2. The number of halogens is 4. The minimum Gasteiger partial charge on any atom is -0.481 e. The van der Waals surface area contributed by atoms with Crippen LogP contribution in [0, 0.1) is 12.7 Å². The summed E-state index contributed by atoms with van der Waals surface area (Å²) in [6.07, 6.45) is -4.47. The van der Waals surface area contributed by atoms with Crippen LogP contribution in [0.15, 0.2) is 22.3 Å². The smallest absolute Gasteiger partial charge is 0.419 e. The largest absolute Gasteiger partial charge is 0.481 e. The molecule has 1 atom stereocenters. The predicted octanol–water partition coefficient (Wildman–Crippen LogP) is 2.55. The summed E-state index contributed by atoms with van der Waals surface area (Å²) in [5, 5.41) is 17.1. The van der Waals surface area contributed by atoms with Gasteiger partial charge in [-0.25, -0.2) is 4.39 Å². The number of carboxylic acid groups (broad SMARTS) is 1. The van der Waals surface area contributed by atoms with E-state index in [4.69, 9.17) is 5.11 Å². The molecule has 1 aliphatic rings.